The van der Waals surface area contributed by atoms with E-state index in [0.29, 0.717) is 27.0 Å². The normalized spacial score (nSPS) is 14.8. The molecule has 5 aromatic rings. The van der Waals surface area contributed by atoms with Gasteiger partial charge in [0.25, 0.3) is 5.91 Å². The van der Waals surface area contributed by atoms with Crippen LogP contribution in [0.3, 0.4) is 0 Å². The Balaban J connectivity index is 1.28. The number of benzene rings is 2. The second-order valence-corrected chi connectivity index (χ2v) is 11.5. The van der Waals surface area contributed by atoms with E-state index in [4.69, 9.17) is 10.7 Å². The molecule has 3 N–H and O–H groups in total. The van der Waals surface area contributed by atoms with Gasteiger partial charge in [0.1, 0.15) is 20.8 Å². The lowest BCUT2D eigenvalue weighted by Crippen LogP contribution is -2.12. The van der Waals surface area contributed by atoms with Gasteiger partial charge in [-0.05, 0) is 55.4 Å². The summed E-state index contributed by atoms with van der Waals surface area (Å²) < 4.78 is 0. The number of pyridine rings is 1. The number of carbonyl (C=O) groups is 1. The van der Waals surface area contributed by atoms with Crippen molar-refractivity contribution in [3.8, 4) is 17.3 Å². The molecule has 37 heavy (non-hydrogen) atoms. The minimum absolute atomic E-state index is 0.299. The van der Waals surface area contributed by atoms with E-state index in [1.807, 2.05) is 30.3 Å². The predicted octanol–water partition coefficient (Wildman–Crippen LogP) is 7.31. The highest BCUT2D eigenvalue weighted by Crippen LogP contribution is 2.43. The summed E-state index contributed by atoms with van der Waals surface area (Å²) in [6, 6.07) is 24.9. The standard InChI is InChI=1S/C30H24N4OS2/c1-17-7-9-19(10-8-17)24-14-13-22-26(32)27(37-29(22)33-24)28(35)34-30-23(16-31)21-12-11-20(15-25(21)36-30)18-5-3-2-4-6-18/h2-10,13-14,20H,11-12,15,32H2,1H3,(H,34,35). The molecule has 0 saturated carbocycles. The summed E-state index contributed by atoms with van der Waals surface area (Å²) in [6.45, 7) is 2.05. The van der Waals surface area contributed by atoms with Crippen LogP contribution in [0.15, 0.2) is 66.7 Å². The van der Waals surface area contributed by atoms with Crippen LogP contribution in [-0.4, -0.2) is 10.9 Å². The molecule has 1 amide bonds. The summed E-state index contributed by atoms with van der Waals surface area (Å²) in [4.78, 5) is 20.4. The largest absolute Gasteiger partial charge is 0.397 e. The van der Waals surface area contributed by atoms with Crippen molar-refractivity contribution in [2.24, 2.45) is 0 Å². The lowest BCUT2D eigenvalue weighted by Gasteiger charge is -2.22. The average Bonchev–Trinajstić information content (AvgIpc) is 3.45. The number of thiophene rings is 2. The Morgan fingerprint density at radius 3 is 2.62 bits per heavy atom. The third-order valence-corrected chi connectivity index (χ3v) is 9.31. The van der Waals surface area contributed by atoms with Crippen molar-refractivity contribution in [3.05, 3.63) is 98.7 Å². The van der Waals surface area contributed by atoms with Crippen molar-refractivity contribution < 1.29 is 4.79 Å². The zero-order chi connectivity index (χ0) is 25.5. The van der Waals surface area contributed by atoms with Gasteiger partial charge in [-0.25, -0.2) is 4.98 Å². The van der Waals surface area contributed by atoms with Crippen LogP contribution < -0.4 is 11.1 Å². The summed E-state index contributed by atoms with van der Waals surface area (Å²) in [5, 5.41) is 14.3. The first-order valence-electron chi connectivity index (χ1n) is 12.2. The smallest absolute Gasteiger partial charge is 0.268 e. The van der Waals surface area contributed by atoms with Crippen LogP contribution in [0, 0.1) is 18.3 Å². The number of anilines is 2. The molecule has 2 aromatic carbocycles. The molecule has 182 valence electrons. The SMILES string of the molecule is Cc1ccc(-c2ccc3c(N)c(C(=O)Nc4sc5c(c4C#N)CCC(c4ccccc4)C5)sc3n2)cc1. The highest BCUT2D eigenvalue weighted by atomic mass is 32.1. The topological polar surface area (TPSA) is 91.8 Å². The molecule has 0 spiro atoms. The van der Waals surface area contributed by atoms with Gasteiger partial charge in [-0.15, -0.1) is 22.7 Å². The fourth-order valence-electron chi connectivity index (χ4n) is 5.01. The third-order valence-electron chi connectivity index (χ3n) is 7.02. The van der Waals surface area contributed by atoms with Crippen LogP contribution in [0.4, 0.5) is 10.7 Å². The molecule has 6 rings (SSSR count). The van der Waals surface area contributed by atoms with E-state index in [1.54, 1.807) is 0 Å². The van der Waals surface area contributed by atoms with E-state index in [-0.39, 0.29) is 5.91 Å². The predicted molar refractivity (Wildman–Crippen MR) is 152 cm³/mol. The first-order chi connectivity index (χ1) is 18.0. The number of nitrogens with one attached hydrogen (secondary N) is 1. The number of nitrogen functional groups attached to an aromatic ring is 1. The van der Waals surface area contributed by atoms with Crippen molar-refractivity contribution in [3.63, 3.8) is 0 Å². The average molecular weight is 521 g/mol. The van der Waals surface area contributed by atoms with Crippen molar-refractivity contribution in [1.82, 2.24) is 4.98 Å². The molecule has 1 aliphatic carbocycles. The van der Waals surface area contributed by atoms with Crippen molar-refractivity contribution >= 4 is 49.5 Å². The molecule has 0 saturated heterocycles. The number of rotatable bonds is 4. The number of hydrogen-bond acceptors (Lipinski definition) is 6. The Kier molecular flexibility index (Phi) is 5.99. The molecule has 1 unspecified atom stereocenters. The van der Waals surface area contributed by atoms with Crippen LogP contribution in [0.5, 0.6) is 0 Å². The number of carbonyl (C=O) groups excluding carboxylic acids is 1. The van der Waals surface area contributed by atoms with E-state index in [1.165, 1.54) is 38.7 Å². The van der Waals surface area contributed by atoms with Crippen LogP contribution in [0.1, 0.15) is 49.1 Å². The summed E-state index contributed by atoms with van der Waals surface area (Å²) in [7, 11) is 0. The Hall–Kier alpha value is -3.99. The highest BCUT2D eigenvalue weighted by molar-refractivity contribution is 7.21. The van der Waals surface area contributed by atoms with Gasteiger partial charge in [-0.1, -0.05) is 60.2 Å². The molecular weight excluding hydrogens is 496 g/mol. The maximum absolute atomic E-state index is 13.4. The van der Waals surface area contributed by atoms with Crippen molar-refractivity contribution in [2.45, 2.75) is 32.1 Å². The molecule has 0 aliphatic heterocycles. The van der Waals surface area contributed by atoms with Gasteiger partial charge in [-0.3, -0.25) is 4.79 Å². The highest BCUT2D eigenvalue weighted by Gasteiger charge is 2.28. The lowest BCUT2D eigenvalue weighted by atomic mass is 9.83. The Bertz CT molecular complexity index is 1680. The van der Waals surface area contributed by atoms with Gasteiger partial charge in [0.2, 0.25) is 0 Å². The zero-order valence-corrected chi connectivity index (χ0v) is 21.9. The second kappa shape index (κ2) is 9.47. The zero-order valence-electron chi connectivity index (χ0n) is 20.2. The molecule has 0 fully saturated rings. The molecule has 3 aromatic heterocycles. The molecular formula is C30H24N4OS2. The van der Waals surface area contributed by atoms with Crippen molar-refractivity contribution in [2.75, 3.05) is 11.1 Å². The minimum Gasteiger partial charge on any atom is -0.397 e. The molecule has 0 bridgehead atoms. The number of aryl methyl sites for hydroxylation is 1. The van der Waals surface area contributed by atoms with Gasteiger partial charge >= 0.3 is 0 Å². The Morgan fingerprint density at radius 1 is 1.08 bits per heavy atom. The van der Waals surface area contributed by atoms with Crippen LogP contribution in [-0.2, 0) is 12.8 Å². The maximum atomic E-state index is 13.4. The monoisotopic (exact) mass is 520 g/mol. The van der Waals surface area contributed by atoms with Crippen LogP contribution in [0.25, 0.3) is 21.5 Å². The van der Waals surface area contributed by atoms with Gasteiger partial charge < -0.3 is 11.1 Å². The van der Waals surface area contributed by atoms with Crippen LogP contribution >= 0.6 is 22.7 Å². The summed E-state index contributed by atoms with van der Waals surface area (Å²) in [5.41, 5.74) is 12.8. The van der Waals surface area contributed by atoms with Crippen LogP contribution in [0.2, 0.25) is 0 Å². The molecule has 1 atom stereocenters. The molecule has 0 radical (unpaired) electrons. The number of nitrogens with two attached hydrogens (primary N) is 1. The van der Waals surface area contributed by atoms with Gasteiger partial charge in [0.15, 0.2) is 0 Å². The summed E-state index contributed by atoms with van der Waals surface area (Å²) in [5.74, 6) is 0.126. The fourth-order valence-corrected chi connectivity index (χ4v) is 7.27. The maximum Gasteiger partial charge on any atom is 0.268 e. The summed E-state index contributed by atoms with van der Waals surface area (Å²) >= 11 is 2.80. The number of hydrogen-bond donors (Lipinski definition) is 2. The Labute approximate surface area is 223 Å². The van der Waals surface area contributed by atoms with E-state index in [9.17, 15) is 10.1 Å². The minimum atomic E-state index is -0.299. The fraction of sp³-hybridized carbons (Fsp3) is 0.167. The Morgan fingerprint density at radius 2 is 1.86 bits per heavy atom. The second-order valence-electron chi connectivity index (χ2n) is 9.38. The lowest BCUT2D eigenvalue weighted by molar-refractivity contribution is 0.103. The van der Waals surface area contributed by atoms with Gasteiger partial charge in [0, 0.05) is 15.8 Å². The number of fused-ring (bicyclic) bond motifs is 2. The number of nitriles is 1. The summed E-state index contributed by atoms with van der Waals surface area (Å²) in [6.07, 6.45) is 2.71. The number of amides is 1. The first kappa shape index (κ1) is 23.4. The van der Waals surface area contributed by atoms with E-state index in [0.717, 1.165) is 46.3 Å². The van der Waals surface area contributed by atoms with E-state index >= 15 is 0 Å². The quantitative estimate of drug-likeness (QED) is 0.260. The van der Waals surface area contributed by atoms with Crippen molar-refractivity contribution in [1.29, 1.82) is 5.26 Å². The van der Waals surface area contributed by atoms with Gasteiger partial charge in [0.05, 0.1) is 16.9 Å². The third kappa shape index (κ3) is 4.29. The first-order valence-corrected chi connectivity index (χ1v) is 13.8. The van der Waals surface area contributed by atoms with E-state index < -0.39 is 0 Å². The number of nitrogens with zero attached hydrogens (tertiary/aromatic N) is 2. The molecule has 7 heteroatoms. The molecule has 3 heterocycles. The number of aromatic nitrogens is 1. The molecule has 5 nitrogen and oxygen atoms in total. The van der Waals surface area contributed by atoms with Gasteiger partial charge in [-0.2, -0.15) is 5.26 Å². The van der Waals surface area contributed by atoms with E-state index in [2.05, 4.69) is 54.7 Å². The molecule has 1 aliphatic rings.